The standard InChI is InChI=1S/C17H40N2O5SSi3/c1-25(21,22)19-14-12-18(13-15-19)17(20)11-9-10-16-27(5,6)24-28(7,8)23-26(2,3)4/h9-16H2,1-8H3. The average Bonchev–Trinajstić information content (AvgIpc) is 2.47. The summed E-state index contributed by atoms with van der Waals surface area (Å²) < 4.78 is 37.3. The Kier molecular flexibility index (Phi) is 9.13. The first-order valence-corrected chi connectivity index (χ1v) is 21.3. The van der Waals surface area contributed by atoms with Crippen molar-refractivity contribution in [3.05, 3.63) is 0 Å². The first-order valence-electron chi connectivity index (χ1n) is 10.1. The molecule has 0 aromatic carbocycles. The van der Waals surface area contributed by atoms with Gasteiger partial charge in [0.2, 0.25) is 15.9 Å². The van der Waals surface area contributed by atoms with E-state index in [4.69, 9.17) is 8.23 Å². The number of carbonyl (C=O) groups is 1. The predicted octanol–water partition coefficient (Wildman–Crippen LogP) is 3.04. The van der Waals surface area contributed by atoms with Gasteiger partial charge in [-0.05, 0) is 58.3 Å². The van der Waals surface area contributed by atoms with Gasteiger partial charge in [0, 0.05) is 32.6 Å². The van der Waals surface area contributed by atoms with Crippen molar-refractivity contribution in [2.75, 3.05) is 32.4 Å². The van der Waals surface area contributed by atoms with E-state index in [9.17, 15) is 13.2 Å². The van der Waals surface area contributed by atoms with Crippen molar-refractivity contribution in [3.8, 4) is 0 Å². The van der Waals surface area contributed by atoms with Gasteiger partial charge in [0.25, 0.3) is 0 Å². The van der Waals surface area contributed by atoms with Crippen LogP contribution in [0.1, 0.15) is 19.3 Å². The number of amides is 1. The van der Waals surface area contributed by atoms with Crippen molar-refractivity contribution in [1.29, 1.82) is 0 Å². The molecule has 0 aromatic rings. The number of hydrogen-bond donors (Lipinski definition) is 0. The van der Waals surface area contributed by atoms with E-state index in [2.05, 4.69) is 45.8 Å². The minimum absolute atomic E-state index is 0.130. The number of unbranched alkanes of at least 4 members (excludes halogenated alkanes) is 1. The summed E-state index contributed by atoms with van der Waals surface area (Å²) in [5.74, 6) is 0.130. The van der Waals surface area contributed by atoms with Crippen LogP contribution in [0.3, 0.4) is 0 Å². The molecule has 1 aliphatic heterocycles. The molecule has 1 amide bonds. The quantitative estimate of drug-likeness (QED) is 0.364. The second-order valence-electron chi connectivity index (χ2n) is 9.73. The first kappa shape index (κ1) is 26.0. The highest BCUT2D eigenvalue weighted by Crippen LogP contribution is 2.24. The molecule has 1 rings (SSSR count). The topological polar surface area (TPSA) is 76.2 Å². The Morgan fingerprint density at radius 2 is 1.43 bits per heavy atom. The van der Waals surface area contributed by atoms with E-state index in [-0.39, 0.29) is 5.91 Å². The summed E-state index contributed by atoms with van der Waals surface area (Å²) in [6.07, 6.45) is 3.57. The highest BCUT2D eigenvalue weighted by molar-refractivity contribution is 7.88. The van der Waals surface area contributed by atoms with Gasteiger partial charge in [-0.2, -0.15) is 4.31 Å². The van der Waals surface area contributed by atoms with E-state index in [1.165, 1.54) is 10.6 Å². The van der Waals surface area contributed by atoms with Gasteiger partial charge in [-0.1, -0.05) is 6.42 Å². The molecule has 1 aliphatic rings. The highest BCUT2D eigenvalue weighted by atomic mass is 32.2. The van der Waals surface area contributed by atoms with Crippen LogP contribution in [0.2, 0.25) is 51.9 Å². The summed E-state index contributed by atoms with van der Waals surface area (Å²) in [6, 6.07) is 1.02. The lowest BCUT2D eigenvalue weighted by atomic mass is 10.2. The maximum Gasteiger partial charge on any atom is 0.311 e. The van der Waals surface area contributed by atoms with Crippen LogP contribution < -0.4 is 0 Å². The minimum atomic E-state index is -3.16. The Morgan fingerprint density at radius 3 is 1.89 bits per heavy atom. The molecule has 1 heterocycles. The Hall–Kier alpha value is -0.0494. The summed E-state index contributed by atoms with van der Waals surface area (Å²) in [5.41, 5.74) is 0. The van der Waals surface area contributed by atoms with Crippen molar-refractivity contribution in [3.63, 3.8) is 0 Å². The Balaban J connectivity index is 2.35. The fourth-order valence-electron chi connectivity index (χ4n) is 3.73. The summed E-state index contributed by atoms with van der Waals surface area (Å²) in [4.78, 5) is 14.2. The van der Waals surface area contributed by atoms with Gasteiger partial charge in [0.05, 0.1) is 6.26 Å². The van der Waals surface area contributed by atoms with Crippen molar-refractivity contribution in [1.82, 2.24) is 9.21 Å². The lowest BCUT2D eigenvalue weighted by Crippen LogP contribution is -2.51. The Bertz CT molecular complexity index is 627. The number of nitrogens with zero attached hydrogens (tertiary/aromatic N) is 2. The second kappa shape index (κ2) is 9.84. The molecule has 1 fully saturated rings. The molecule has 166 valence electrons. The van der Waals surface area contributed by atoms with E-state index >= 15 is 0 Å². The van der Waals surface area contributed by atoms with Crippen LogP contribution in [0, 0.1) is 0 Å². The predicted molar refractivity (Wildman–Crippen MR) is 122 cm³/mol. The average molecular weight is 469 g/mol. The molecule has 0 aromatic heterocycles. The molecule has 0 atom stereocenters. The van der Waals surface area contributed by atoms with E-state index in [0.717, 1.165) is 18.9 Å². The second-order valence-corrected chi connectivity index (χ2v) is 24.4. The molecule has 0 radical (unpaired) electrons. The van der Waals surface area contributed by atoms with E-state index in [1.807, 2.05) is 0 Å². The van der Waals surface area contributed by atoms with Gasteiger partial charge in [-0.3, -0.25) is 4.79 Å². The minimum Gasteiger partial charge on any atom is -0.437 e. The molecular weight excluding hydrogens is 429 g/mol. The van der Waals surface area contributed by atoms with Crippen molar-refractivity contribution in [2.24, 2.45) is 0 Å². The first-order chi connectivity index (χ1) is 12.5. The number of carbonyl (C=O) groups excluding carboxylic acids is 1. The summed E-state index contributed by atoms with van der Waals surface area (Å²) >= 11 is 0. The molecule has 0 spiro atoms. The fraction of sp³-hybridized carbons (Fsp3) is 0.941. The van der Waals surface area contributed by atoms with Crippen LogP contribution in [0.5, 0.6) is 0 Å². The van der Waals surface area contributed by atoms with Crippen LogP contribution in [-0.2, 0) is 23.0 Å². The van der Waals surface area contributed by atoms with Crippen LogP contribution >= 0.6 is 0 Å². The zero-order valence-corrected chi connectivity index (χ0v) is 22.8. The molecule has 7 nitrogen and oxygen atoms in total. The zero-order chi connectivity index (χ0) is 21.8. The summed E-state index contributed by atoms with van der Waals surface area (Å²) in [6.45, 7) is 17.1. The number of sulfonamides is 1. The SMILES string of the molecule is C[Si](C)(C)O[Si](C)(C)O[Si](C)(C)CCCCC(=O)N1CCN(S(C)(=O)=O)CC1. The van der Waals surface area contributed by atoms with Gasteiger partial charge in [-0.25, -0.2) is 8.42 Å². The van der Waals surface area contributed by atoms with E-state index < -0.39 is 35.2 Å². The number of hydrogen-bond acceptors (Lipinski definition) is 5. The fourth-order valence-corrected chi connectivity index (χ4v) is 17.8. The molecular formula is C17H40N2O5SSi3. The normalized spacial score (nSPS) is 17.8. The summed E-state index contributed by atoms with van der Waals surface area (Å²) in [7, 11) is -8.70. The smallest absolute Gasteiger partial charge is 0.311 e. The highest BCUT2D eigenvalue weighted by Gasteiger charge is 2.37. The van der Waals surface area contributed by atoms with Gasteiger partial charge < -0.3 is 13.1 Å². The maximum atomic E-state index is 12.4. The lowest BCUT2D eigenvalue weighted by Gasteiger charge is -2.37. The van der Waals surface area contributed by atoms with Crippen LogP contribution in [0.25, 0.3) is 0 Å². The zero-order valence-electron chi connectivity index (χ0n) is 19.0. The monoisotopic (exact) mass is 468 g/mol. The van der Waals surface area contributed by atoms with E-state index in [0.29, 0.717) is 32.6 Å². The molecule has 0 aliphatic carbocycles. The van der Waals surface area contributed by atoms with Crippen molar-refractivity contribution < 1.29 is 21.4 Å². The van der Waals surface area contributed by atoms with Gasteiger partial charge in [-0.15, -0.1) is 0 Å². The van der Waals surface area contributed by atoms with Crippen LogP contribution in [0.15, 0.2) is 0 Å². The third-order valence-corrected chi connectivity index (χ3v) is 16.0. The van der Waals surface area contributed by atoms with Gasteiger partial charge in [0.15, 0.2) is 16.6 Å². The molecule has 1 saturated heterocycles. The lowest BCUT2D eigenvalue weighted by molar-refractivity contribution is -0.132. The molecule has 0 saturated carbocycles. The molecule has 0 unspecified atom stereocenters. The molecule has 0 N–H and O–H groups in total. The number of piperazine rings is 1. The largest absolute Gasteiger partial charge is 0.437 e. The Labute approximate surface area is 175 Å². The van der Waals surface area contributed by atoms with Gasteiger partial charge in [0.1, 0.15) is 0 Å². The number of rotatable bonds is 10. The van der Waals surface area contributed by atoms with Crippen molar-refractivity contribution >= 4 is 41.1 Å². The van der Waals surface area contributed by atoms with Crippen molar-refractivity contribution in [2.45, 2.75) is 71.1 Å². The Morgan fingerprint density at radius 1 is 0.893 bits per heavy atom. The summed E-state index contributed by atoms with van der Waals surface area (Å²) in [5, 5.41) is 0. The maximum absolute atomic E-state index is 12.4. The molecule has 28 heavy (non-hydrogen) atoms. The van der Waals surface area contributed by atoms with Crippen LogP contribution in [-0.4, -0.2) is 81.2 Å². The molecule has 0 bridgehead atoms. The molecule has 11 heteroatoms. The third-order valence-electron chi connectivity index (χ3n) is 4.55. The van der Waals surface area contributed by atoms with Gasteiger partial charge >= 0.3 is 8.56 Å². The third kappa shape index (κ3) is 10.1. The van der Waals surface area contributed by atoms with E-state index in [1.54, 1.807) is 4.90 Å². The van der Waals surface area contributed by atoms with Crippen LogP contribution in [0.4, 0.5) is 0 Å².